The number of rotatable bonds is 6. The summed E-state index contributed by atoms with van der Waals surface area (Å²) in [7, 11) is 0. The maximum atomic E-state index is 4.79. The molecule has 0 N–H and O–H groups in total. The number of hydrogen-bond acceptors (Lipinski definition) is 5. The van der Waals surface area contributed by atoms with Crippen LogP contribution >= 0.6 is 0 Å². The molecule has 5 rings (SSSR count). The summed E-state index contributed by atoms with van der Waals surface area (Å²) in [6, 6.07) is 26.7. The topological polar surface area (TPSA) is 25.9 Å². The van der Waals surface area contributed by atoms with E-state index in [0.29, 0.717) is 0 Å². The van der Waals surface area contributed by atoms with Crippen LogP contribution < -0.4 is 9.80 Å². The summed E-state index contributed by atoms with van der Waals surface area (Å²) in [6.07, 6.45) is 7.97. The van der Waals surface area contributed by atoms with Crippen LogP contribution in [0, 0.1) is 13.3 Å². The zero-order chi connectivity index (χ0) is 20.2. The van der Waals surface area contributed by atoms with Gasteiger partial charge in [-0.05, 0) is 23.3 Å². The van der Waals surface area contributed by atoms with Crippen molar-refractivity contribution < 1.29 is 0 Å². The van der Waals surface area contributed by atoms with Crippen LogP contribution in [-0.2, 0) is 13.1 Å². The van der Waals surface area contributed by atoms with E-state index in [4.69, 9.17) is 4.98 Å². The summed E-state index contributed by atoms with van der Waals surface area (Å²) in [6.45, 7) is 8.23. The van der Waals surface area contributed by atoms with Gasteiger partial charge < -0.3 is 9.80 Å². The Balaban J connectivity index is 1.21. The van der Waals surface area contributed by atoms with Crippen molar-refractivity contribution in [2.75, 3.05) is 9.80 Å². The number of anilines is 2. The molecule has 1 aromatic heterocycles. The molecular formula is C25H21N5. The lowest BCUT2D eigenvalue weighted by Gasteiger charge is -2.21. The van der Waals surface area contributed by atoms with E-state index in [9.17, 15) is 0 Å². The highest BCUT2D eigenvalue weighted by molar-refractivity contribution is 5.55. The third-order valence-electron chi connectivity index (χ3n) is 4.87. The Morgan fingerprint density at radius 2 is 1.00 bits per heavy atom. The average Bonchev–Trinajstić information content (AvgIpc) is 3.45. The van der Waals surface area contributed by atoms with Crippen LogP contribution in [0.2, 0.25) is 0 Å². The van der Waals surface area contributed by atoms with E-state index >= 15 is 0 Å². The molecule has 4 radical (unpaired) electrons. The van der Waals surface area contributed by atoms with Crippen LogP contribution in [-0.4, -0.2) is 14.8 Å². The first-order valence-electron chi connectivity index (χ1n) is 9.89. The summed E-state index contributed by atoms with van der Waals surface area (Å²) < 4.78 is 0. The Morgan fingerprint density at radius 3 is 1.47 bits per heavy atom. The first-order chi connectivity index (χ1) is 14.8. The van der Waals surface area contributed by atoms with E-state index in [1.807, 2.05) is 74.7 Å². The number of aromatic nitrogens is 1. The fourth-order valence-corrected chi connectivity index (χ4v) is 3.38. The second-order valence-electron chi connectivity index (χ2n) is 7.12. The molecule has 0 amide bonds. The summed E-state index contributed by atoms with van der Waals surface area (Å²) in [5, 5.41) is 0. The molecule has 3 heterocycles. The van der Waals surface area contributed by atoms with Crippen molar-refractivity contribution in [2.45, 2.75) is 13.1 Å². The Morgan fingerprint density at radius 1 is 0.533 bits per heavy atom. The van der Waals surface area contributed by atoms with Crippen LogP contribution in [0.4, 0.5) is 11.6 Å². The van der Waals surface area contributed by atoms with Crippen LogP contribution in [0.5, 0.6) is 0 Å². The average molecular weight is 391 g/mol. The maximum absolute atomic E-state index is 4.79. The highest BCUT2D eigenvalue weighted by atomic mass is 15.4. The fourth-order valence-electron chi connectivity index (χ4n) is 3.38. The zero-order valence-corrected chi connectivity index (χ0v) is 16.5. The van der Waals surface area contributed by atoms with E-state index in [1.165, 1.54) is 11.1 Å². The molecule has 0 atom stereocenters. The van der Waals surface area contributed by atoms with Gasteiger partial charge in [0.15, 0.2) is 0 Å². The van der Waals surface area contributed by atoms with Gasteiger partial charge in [-0.2, -0.15) is 0 Å². The second-order valence-corrected chi connectivity index (χ2v) is 7.12. The lowest BCUT2D eigenvalue weighted by atomic mass is 10.2. The molecule has 0 saturated heterocycles. The molecule has 2 aliphatic rings. The monoisotopic (exact) mass is 391 g/mol. The quantitative estimate of drug-likeness (QED) is 0.609. The summed E-state index contributed by atoms with van der Waals surface area (Å²) in [5.41, 5.74) is 2.48. The summed E-state index contributed by atoms with van der Waals surface area (Å²) in [5.74, 6) is 1.63. The highest BCUT2D eigenvalue weighted by Gasteiger charge is 2.21. The smallest absolute Gasteiger partial charge is 0.214 e. The van der Waals surface area contributed by atoms with Gasteiger partial charge in [-0.3, -0.25) is 9.80 Å². The molecule has 0 aliphatic carbocycles. The van der Waals surface area contributed by atoms with Crippen LogP contribution in [0.3, 0.4) is 0 Å². The van der Waals surface area contributed by atoms with Crippen molar-refractivity contribution in [2.24, 2.45) is 0 Å². The summed E-state index contributed by atoms with van der Waals surface area (Å²) >= 11 is 0. The van der Waals surface area contributed by atoms with Crippen molar-refractivity contribution in [3.63, 3.8) is 0 Å². The van der Waals surface area contributed by atoms with Gasteiger partial charge in [-0.25, -0.2) is 4.98 Å². The van der Waals surface area contributed by atoms with Gasteiger partial charge in [0.05, 0.1) is 0 Å². The number of pyridine rings is 1. The fraction of sp³-hybridized carbons (Fsp3) is 0.0800. The molecule has 2 aliphatic heterocycles. The number of hydrogen-bond donors (Lipinski definition) is 0. The van der Waals surface area contributed by atoms with E-state index in [-0.39, 0.29) is 0 Å². The molecule has 0 fully saturated rings. The minimum absolute atomic E-state index is 0.776. The van der Waals surface area contributed by atoms with E-state index in [1.54, 1.807) is 0 Å². The van der Waals surface area contributed by atoms with Crippen molar-refractivity contribution in [1.29, 1.82) is 0 Å². The molecule has 146 valence electrons. The third-order valence-corrected chi connectivity index (χ3v) is 4.87. The minimum Gasteiger partial charge on any atom is -0.342 e. The van der Waals surface area contributed by atoms with Gasteiger partial charge in [0.2, 0.25) is 13.3 Å². The standard InChI is InChI=1S/C25H21N5/c1-3-8-22(9-4-1)18-27-14-16-29(20-27)24-12-7-13-25(26-24)30-17-15-28(21-30)19-23-10-5-2-6-11-23/h1-17H,18-19H2. The van der Waals surface area contributed by atoms with Crippen molar-refractivity contribution in [1.82, 2.24) is 14.8 Å². The lowest BCUT2D eigenvalue weighted by Crippen LogP contribution is -2.21. The predicted octanol–water partition coefficient (Wildman–Crippen LogP) is 4.66. The molecular weight excluding hydrogens is 370 g/mol. The van der Waals surface area contributed by atoms with Gasteiger partial charge in [0, 0.05) is 37.9 Å². The second kappa shape index (κ2) is 8.33. The maximum Gasteiger partial charge on any atom is 0.214 e. The molecule has 5 nitrogen and oxygen atoms in total. The molecule has 0 saturated carbocycles. The van der Waals surface area contributed by atoms with E-state index in [0.717, 1.165) is 24.7 Å². The van der Waals surface area contributed by atoms with Crippen molar-refractivity contribution in [3.05, 3.63) is 128 Å². The summed E-state index contributed by atoms with van der Waals surface area (Å²) in [4.78, 5) is 12.7. The third kappa shape index (κ3) is 4.15. The molecule has 0 bridgehead atoms. The Hall–Kier alpha value is -3.73. The molecule has 0 spiro atoms. The first kappa shape index (κ1) is 18.3. The normalized spacial score (nSPS) is 15.5. The molecule has 5 heteroatoms. The highest BCUT2D eigenvalue weighted by Crippen LogP contribution is 2.27. The predicted molar refractivity (Wildman–Crippen MR) is 118 cm³/mol. The van der Waals surface area contributed by atoms with Crippen LogP contribution in [0.1, 0.15) is 11.1 Å². The van der Waals surface area contributed by atoms with Crippen LogP contribution in [0.25, 0.3) is 0 Å². The van der Waals surface area contributed by atoms with E-state index in [2.05, 4.69) is 61.9 Å². The minimum atomic E-state index is 0.776. The van der Waals surface area contributed by atoms with Gasteiger partial charge in [-0.15, -0.1) is 0 Å². The van der Waals surface area contributed by atoms with Gasteiger partial charge in [-0.1, -0.05) is 66.7 Å². The van der Waals surface area contributed by atoms with Crippen LogP contribution in [0.15, 0.2) is 104 Å². The SMILES string of the molecule is [C]1N(Cc2ccccc2)C=CN1c1cccc(N2[C]N(Cc3ccccc3)C=C2)n1. The molecule has 2 aromatic carbocycles. The van der Waals surface area contributed by atoms with E-state index < -0.39 is 0 Å². The number of nitrogens with zero attached hydrogens (tertiary/aromatic N) is 5. The Bertz CT molecular complexity index is 951. The largest absolute Gasteiger partial charge is 0.342 e. The van der Waals surface area contributed by atoms with Gasteiger partial charge >= 0.3 is 0 Å². The zero-order valence-electron chi connectivity index (χ0n) is 16.5. The van der Waals surface area contributed by atoms with Gasteiger partial charge in [0.25, 0.3) is 0 Å². The Kier molecular flexibility index (Phi) is 5.08. The Labute approximate surface area is 177 Å². The molecule has 0 unspecified atom stereocenters. The van der Waals surface area contributed by atoms with Gasteiger partial charge in [0.1, 0.15) is 11.6 Å². The van der Waals surface area contributed by atoms with Crippen molar-refractivity contribution >= 4 is 11.6 Å². The molecule has 3 aromatic rings. The molecule has 30 heavy (non-hydrogen) atoms. The number of benzene rings is 2. The first-order valence-corrected chi connectivity index (χ1v) is 9.89. The van der Waals surface area contributed by atoms with Crippen molar-refractivity contribution in [3.8, 4) is 0 Å². The lowest BCUT2D eigenvalue weighted by molar-refractivity contribution is 0.461.